The Balaban J connectivity index is 1.67. The van der Waals surface area contributed by atoms with Crippen LogP contribution in [0.2, 0.25) is 0 Å². The minimum Gasteiger partial charge on any atom is -0.486 e. The van der Waals surface area contributed by atoms with Crippen LogP contribution in [0, 0.1) is 5.82 Å². The van der Waals surface area contributed by atoms with Gasteiger partial charge in [-0.1, -0.05) is 38.5 Å². The molecule has 1 fully saturated rings. The van der Waals surface area contributed by atoms with Crippen molar-refractivity contribution in [1.82, 2.24) is 9.80 Å². The molecular formula is C28H34FN3O2. The highest BCUT2D eigenvalue weighted by molar-refractivity contribution is 6.43. The Kier molecular flexibility index (Phi) is 7.05. The number of hydrogen-bond acceptors (Lipinski definition) is 4. The van der Waals surface area contributed by atoms with Gasteiger partial charge in [0, 0.05) is 36.5 Å². The molecule has 1 amide bonds. The van der Waals surface area contributed by atoms with Gasteiger partial charge in [-0.2, -0.15) is 0 Å². The summed E-state index contributed by atoms with van der Waals surface area (Å²) in [6.07, 6.45) is 10.6. The number of benzene rings is 1. The summed E-state index contributed by atoms with van der Waals surface area (Å²) in [7, 11) is 1.91. The van der Waals surface area contributed by atoms with Gasteiger partial charge < -0.3 is 14.5 Å². The van der Waals surface area contributed by atoms with Crippen LogP contribution in [0.5, 0.6) is 5.75 Å². The van der Waals surface area contributed by atoms with Gasteiger partial charge in [-0.15, -0.1) is 0 Å². The molecule has 0 spiro atoms. The standard InChI is InChI=1S/C28H34FN3O2/c1-6-22-16-24(28(33)32-13-9-7-8-10-20(32)4)30-25(31(22)5)15-19(3)23-12-11-21-14-18(2)17-34-27(21)26(23)29/h11-12,14-16,20H,3,6-10,13,17H2,1-2,4-5H3/b25-15-. The van der Waals surface area contributed by atoms with Crippen molar-refractivity contribution in [3.63, 3.8) is 0 Å². The van der Waals surface area contributed by atoms with E-state index in [0.29, 0.717) is 29.3 Å². The molecule has 0 aromatic heterocycles. The van der Waals surface area contributed by atoms with Gasteiger partial charge in [0.15, 0.2) is 11.6 Å². The predicted octanol–water partition coefficient (Wildman–Crippen LogP) is 5.95. The third-order valence-corrected chi connectivity index (χ3v) is 6.83. The summed E-state index contributed by atoms with van der Waals surface area (Å²) in [6, 6.07) is 3.77. The lowest BCUT2D eigenvalue weighted by Crippen LogP contribution is -2.43. The summed E-state index contributed by atoms with van der Waals surface area (Å²) in [4.78, 5) is 22.0. The number of allylic oxidation sites excluding steroid dienone is 3. The third-order valence-electron chi connectivity index (χ3n) is 6.83. The number of aliphatic imine (C=N–C) groups is 1. The molecule has 0 radical (unpaired) electrons. The fourth-order valence-corrected chi connectivity index (χ4v) is 4.74. The molecule has 0 saturated carbocycles. The topological polar surface area (TPSA) is 45.1 Å². The van der Waals surface area contributed by atoms with Crippen molar-refractivity contribution in [2.45, 2.75) is 58.9 Å². The molecule has 1 aromatic carbocycles. The van der Waals surface area contributed by atoms with E-state index < -0.39 is 5.82 Å². The fourth-order valence-electron chi connectivity index (χ4n) is 4.74. The van der Waals surface area contributed by atoms with Crippen LogP contribution in [0.25, 0.3) is 11.6 Å². The Morgan fingerprint density at radius 3 is 2.85 bits per heavy atom. The van der Waals surface area contributed by atoms with E-state index >= 15 is 4.39 Å². The van der Waals surface area contributed by atoms with E-state index in [9.17, 15) is 4.79 Å². The number of nitrogens with zero attached hydrogens (tertiary/aromatic N) is 3. The summed E-state index contributed by atoms with van der Waals surface area (Å²) in [5.74, 6) is 0.360. The number of halogens is 1. The van der Waals surface area contributed by atoms with Gasteiger partial charge >= 0.3 is 0 Å². The van der Waals surface area contributed by atoms with Gasteiger partial charge in [0.2, 0.25) is 0 Å². The number of hydrogen-bond donors (Lipinski definition) is 0. The zero-order valence-electron chi connectivity index (χ0n) is 20.7. The van der Waals surface area contributed by atoms with Crippen LogP contribution < -0.4 is 4.74 Å². The van der Waals surface area contributed by atoms with Crippen molar-refractivity contribution in [3.05, 3.63) is 64.9 Å². The number of carbonyl (C=O) groups is 1. The van der Waals surface area contributed by atoms with E-state index in [1.165, 1.54) is 0 Å². The molecule has 0 N–H and O–H groups in total. The minimum atomic E-state index is -0.425. The number of rotatable bonds is 4. The van der Waals surface area contributed by atoms with Crippen molar-refractivity contribution in [2.24, 2.45) is 4.99 Å². The second-order valence-electron chi connectivity index (χ2n) is 9.39. The maximum Gasteiger partial charge on any atom is 0.272 e. The van der Waals surface area contributed by atoms with Crippen LogP contribution in [-0.2, 0) is 4.79 Å². The van der Waals surface area contributed by atoms with E-state index in [2.05, 4.69) is 13.5 Å². The molecule has 1 saturated heterocycles. The normalized spacial score (nSPS) is 21.7. The zero-order chi connectivity index (χ0) is 24.4. The average Bonchev–Trinajstić information content (AvgIpc) is 3.04. The molecule has 6 heteroatoms. The molecule has 3 heterocycles. The van der Waals surface area contributed by atoms with Gasteiger partial charge in [-0.3, -0.25) is 4.79 Å². The van der Waals surface area contributed by atoms with Gasteiger partial charge in [0.25, 0.3) is 5.91 Å². The van der Waals surface area contributed by atoms with Crippen LogP contribution in [0.4, 0.5) is 4.39 Å². The lowest BCUT2D eigenvalue weighted by Gasteiger charge is -2.31. The van der Waals surface area contributed by atoms with Gasteiger partial charge in [-0.25, -0.2) is 9.38 Å². The summed E-state index contributed by atoms with van der Waals surface area (Å²) in [5.41, 5.74) is 4.03. The van der Waals surface area contributed by atoms with E-state index in [1.54, 1.807) is 12.1 Å². The first kappa shape index (κ1) is 24.0. The smallest absolute Gasteiger partial charge is 0.272 e. The number of carbonyl (C=O) groups excluding carboxylic acids is 1. The molecular weight excluding hydrogens is 429 g/mol. The van der Waals surface area contributed by atoms with Crippen molar-refractivity contribution in [2.75, 3.05) is 20.2 Å². The molecule has 4 rings (SSSR count). The SMILES string of the molecule is C=C(/C=C1/N=C(C(=O)N2CCCCCC2C)C=C(CC)N1C)c1ccc2c(c1F)OCC(C)=C2. The average molecular weight is 464 g/mol. The highest BCUT2D eigenvalue weighted by atomic mass is 19.1. The summed E-state index contributed by atoms with van der Waals surface area (Å²) in [6.45, 7) is 11.4. The molecule has 34 heavy (non-hydrogen) atoms. The van der Waals surface area contributed by atoms with E-state index in [4.69, 9.17) is 9.73 Å². The van der Waals surface area contributed by atoms with E-state index in [0.717, 1.165) is 55.5 Å². The second-order valence-corrected chi connectivity index (χ2v) is 9.39. The third kappa shape index (κ3) is 4.72. The van der Waals surface area contributed by atoms with Crippen LogP contribution in [0.3, 0.4) is 0 Å². The number of ether oxygens (including phenoxy) is 1. The Morgan fingerprint density at radius 1 is 1.29 bits per heavy atom. The number of amides is 1. The molecule has 0 aliphatic carbocycles. The van der Waals surface area contributed by atoms with E-state index in [1.807, 2.05) is 48.9 Å². The maximum atomic E-state index is 15.3. The van der Waals surface area contributed by atoms with Gasteiger partial charge in [-0.05, 0) is 62.5 Å². The van der Waals surface area contributed by atoms with Crippen molar-refractivity contribution < 1.29 is 13.9 Å². The first-order valence-corrected chi connectivity index (χ1v) is 12.2. The monoisotopic (exact) mass is 463 g/mol. The van der Waals surface area contributed by atoms with Crippen LogP contribution in [-0.4, -0.2) is 47.7 Å². The predicted molar refractivity (Wildman–Crippen MR) is 136 cm³/mol. The quantitative estimate of drug-likeness (QED) is 0.554. The zero-order valence-corrected chi connectivity index (χ0v) is 20.7. The Morgan fingerprint density at radius 2 is 2.09 bits per heavy atom. The molecule has 1 aromatic rings. The Bertz CT molecular complexity index is 1130. The van der Waals surface area contributed by atoms with Gasteiger partial charge in [0.1, 0.15) is 18.1 Å². The molecule has 3 aliphatic heterocycles. The second kappa shape index (κ2) is 10.00. The number of fused-ring (bicyclic) bond motifs is 1. The molecule has 3 aliphatic rings. The molecule has 5 nitrogen and oxygen atoms in total. The van der Waals surface area contributed by atoms with Crippen molar-refractivity contribution in [3.8, 4) is 5.75 Å². The first-order valence-electron chi connectivity index (χ1n) is 12.2. The van der Waals surface area contributed by atoms with Gasteiger partial charge in [0.05, 0.1) is 0 Å². The maximum absolute atomic E-state index is 15.3. The summed E-state index contributed by atoms with van der Waals surface area (Å²) in [5, 5.41) is 0. The molecule has 1 atom stereocenters. The molecule has 180 valence electrons. The highest BCUT2D eigenvalue weighted by Gasteiger charge is 2.28. The number of likely N-dealkylation sites (tertiary alicyclic amines) is 1. The van der Waals surface area contributed by atoms with Crippen molar-refractivity contribution in [1.29, 1.82) is 0 Å². The summed E-state index contributed by atoms with van der Waals surface area (Å²) < 4.78 is 20.9. The highest BCUT2D eigenvalue weighted by Crippen LogP contribution is 2.35. The Labute approximate surface area is 202 Å². The van der Waals surface area contributed by atoms with Crippen LogP contribution in [0.15, 0.2) is 52.9 Å². The lowest BCUT2D eigenvalue weighted by molar-refractivity contribution is -0.125. The summed E-state index contributed by atoms with van der Waals surface area (Å²) >= 11 is 0. The van der Waals surface area contributed by atoms with Crippen LogP contribution in [0.1, 0.15) is 64.0 Å². The van der Waals surface area contributed by atoms with Crippen molar-refractivity contribution >= 4 is 23.3 Å². The minimum absolute atomic E-state index is 0.0412. The Hall–Kier alpha value is -3.15. The largest absolute Gasteiger partial charge is 0.486 e. The molecule has 0 bridgehead atoms. The lowest BCUT2D eigenvalue weighted by atomic mass is 10.0. The van der Waals surface area contributed by atoms with E-state index in [-0.39, 0.29) is 17.7 Å². The van der Waals surface area contributed by atoms with Crippen LogP contribution >= 0.6 is 0 Å². The first-order chi connectivity index (χ1) is 16.3. The fraction of sp³-hybridized carbons (Fsp3) is 0.429. The molecule has 1 unspecified atom stereocenters.